The minimum Gasteiger partial charge on any atom is -0.399 e. The van der Waals surface area contributed by atoms with Crippen LogP contribution in [0.3, 0.4) is 0 Å². The largest absolute Gasteiger partial charge is 0.399 e. The zero-order valence-corrected chi connectivity index (χ0v) is 11.5. The minimum absolute atomic E-state index is 0. The molecule has 0 bridgehead atoms. The van der Waals surface area contributed by atoms with Gasteiger partial charge in [-0.15, -0.1) is 24.8 Å². The molecule has 16 heavy (non-hydrogen) atoms. The van der Waals surface area contributed by atoms with Gasteiger partial charge in [-0.2, -0.15) is 0 Å². The topological polar surface area (TPSA) is 38.0 Å². The van der Waals surface area contributed by atoms with E-state index >= 15 is 0 Å². The fraction of sp³-hybridized carbons (Fsp3) is 0.500. The maximum Gasteiger partial charge on any atom is 0.0381 e. The molecule has 1 aromatic carbocycles. The highest BCUT2D eigenvalue weighted by Gasteiger charge is 2.28. The zero-order chi connectivity index (χ0) is 10.3. The van der Waals surface area contributed by atoms with Gasteiger partial charge in [-0.1, -0.05) is 6.92 Å². The number of nitrogens with one attached hydrogen (secondary N) is 1. The van der Waals surface area contributed by atoms with E-state index in [9.17, 15) is 0 Å². The van der Waals surface area contributed by atoms with Crippen molar-refractivity contribution in [1.29, 1.82) is 0 Å². The standard InChI is InChI=1S/C12H18N2.2ClH/c1-8-7-12(2,3)14-11-5-4-9(13)6-10(8)11;;/h4-6,8,14H,7,13H2,1-3H3;2*1H. The minimum atomic E-state index is 0. The van der Waals surface area contributed by atoms with E-state index in [1.54, 1.807) is 0 Å². The van der Waals surface area contributed by atoms with Gasteiger partial charge < -0.3 is 11.1 Å². The van der Waals surface area contributed by atoms with Gasteiger partial charge in [0.15, 0.2) is 0 Å². The van der Waals surface area contributed by atoms with E-state index in [-0.39, 0.29) is 30.4 Å². The van der Waals surface area contributed by atoms with Gasteiger partial charge in [0.05, 0.1) is 0 Å². The summed E-state index contributed by atoms with van der Waals surface area (Å²) >= 11 is 0. The van der Waals surface area contributed by atoms with Crippen LogP contribution in [-0.2, 0) is 0 Å². The van der Waals surface area contributed by atoms with Crippen molar-refractivity contribution in [3.05, 3.63) is 23.8 Å². The Hall–Kier alpha value is -0.600. The molecule has 0 spiro atoms. The molecule has 4 heteroatoms. The van der Waals surface area contributed by atoms with Crippen molar-refractivity contribution in [2.24, 2.45) is 0 Å². The van der Waals surface area contributed by atoms with E-state index in [1.807, 2.05) is 6.07 Å². The van der Waals surface area contributed by atoms with Gasteiger partial charge in [0.1, 0.15) is 0 Å². The summed E-state index contributed by atoms with van der Waals surface area (Å²) in [6.07, 6.45) is 1.16. The summed E-state index contributed by atoms with van der Waals surface area (Å²) in [4.78, 5) is 0. The summed E-state index contributed by atoms with van der Waals surface area (Å²) in [5, 5.41) is 3.54. The van der Waals surface area contributed by atoms with E-state index in [2.05, 4.69) is 38.2 Å². The van der Waals surface area contributed by atoms with Crippen molar-refractivity contribution in [3.63, 3.8) is 0 Å². The Bertz CT molecular complexity index is 364. The third-order valence-corrected chi connectivity index (χ3v) is 2.90. The molecule has 1 unspecified atom stereocenters. The summed E-state index contributed by atoms with van der Waals surface area (Å²) < 4.78 is 0. The normalized spacial score (nSPS) is 20.8. The van der Waals surface area contributed by atoms with Gasteiger partial charge in [0.25, 0.3) is 0 Å². The number of nitrogen functional groups attached to an aromatic ring is 1. The summed E-state index contributed by atoms with van der Waals surface area (Å²) in [6, 6.07) is 6.13. The van der Waals surface area contributed by atoms with E-state index in [0.29, 0.717) is 5.92 Å². The van der Waals surface area contributed by atoms with Crippen LogP contribution in [0.2, 0.25) is 0 Å². The lowest BCUT2D eigenvalue weighted by Gasteiger charge is -2.37. The van der Waals surface area contributed by atoms with Crippen molar-refractivity contribution < 1.29 is 0 Å². The molecule has 1 aromatic rings. The summed E-state index contributed by atoms with van der Waals surface area (Å²) in [6.45, 7) is 6.74. The lowest BCUT2D eigenvalue weighted by Crippen LogP contribution is -2.36. The first-order valence-electron chi connectivity index (χ1n) is 5.15. The number of fused-ring (bicyclic) bond motifs is 1. The molecule has 0 amide bonds. The average molecular weight is 263 g/mol. The monoisotopic (exact) mass is 262 g/mol. The molecule has 0 fully saturated rings. The highest BCUT2D eigenvalue weighted by molar-refractivity contribution is 5.85. The number of benzene rings is 1. The SMILES string of the molecule is CC1CC(C)(C)Nc2ccc(N)cc21.Cl.Cl. The Morgan fingerprint density at radius 3 is 2.56 bits per heavy atom. The molecule has 1 heterocycles. The summed E-state index contributed by atoms with van der Waals surface area (Å²) in [5.74, 6) is 0.588. The first kappa shape index (κ1) is 15.4. The molecule has 92 valence electrons. The molecule has 0 saturated carbocycles. The number of halogens is 2. The maximum absolute atomic E-state index is 5.78. The van der Waals surface area contributed by atoms with Gasteiger partial charge in [-0.25, -0.2) is 0 Å². The quantitative estimate of drug-likeness (QED) is 0.698. The Labute approximate surface area is 110 Å². The molecular weight excluding hydrogens is 243 g/mol. The Morgan fingerprint density at radius 1 is 1.31 bits per heavy atom. The summed E-state index contributed by atoms with van der Waals surface area (Å²) in [7, 11) is 0. The second-order valence-corrected chi connectivity index (χ2v) is 4.96. The van der Waals surface area contributed by atoms with E-state index in [1.165, 1.54) is 11.3 Å². The highest BCUT2D eigenvalue weighted by Crippen LogP contribution is 2.39. The van der Waals surface area contributed by atoms with Crippen LogP contribution in [0, 0.1) is 0 Å². The molecule has 0 aliphatic carbocycles. The van der Waals surface area contributed by atoms with Crippen LogP contribution in [0.4, 0.5) is 11.4 Å². The Balaban J connectivity index is 0.00000112. The van der Waals surface area contributed by atoms with Gasteiger partial charge >= 0.3 is 0 Å². The van der Waals surface area contributed by atoms with Gasteiger partial charge in [-0.3, -0.25) is 0 Å². The van der Waals surface area contributed by atoms with Crippen LogP contribution in [0.15, 0.2) is 18.2 Å². The number of nitrogens with two attached hydrogens (primary N) is 1. The van der Waals surface area contributed by atoms with Crippen LogP contribution >= 0.6 is 24.8 Å². The predicted octanol–water partition coefficient (Wildman–Crippen LogP) is 3.81. The molecule has 0 radical (unpaired) electrons. The Kier molecular flexibility index (Phi) is 4.96. The number of anilines is 2. The van der Waals surface area contributed by atoms with E-state index in [0.717, 1.165) is 12.1 Å². The molecular formula is C12H20Cl2N2. The summed E-state index contributed by atoms with van der Waals surface area (Å²) in [5.41, 5.74) is 9.43. The molecule has 3 N–H and O–H groups in total. The maximum atomic E-state index is 5.78. The molecule has 1 aliphatic heterocycles. The molecule has 1 atom stereocenters. The van der Waals surface area contributed by atoms with Gasteiger partial charge in [-0.05, 0) is 49.9 Å². The lowest BCUT2D eigenvalue weighted by atomic mass is 9.82. The van der Waals surface area contributed by atoms with E-state index in [4.69, 9.17) is 5.73 Å². The molecule has 0 saturated heterocycles. The first-order valence-corrected chi connectivity index (χ1v) is 5.15. The number of hydrogen-bond donors (Lipinski definition) is 2. The van der Waals surface area contributed by atoms with Crippen LogP contribution < -0.4 is 11.1 Å². The van der Waals surface area contributed by atoms with Crippen molar-refractivity contribution in [2.75, 3.05) is 11.1 Å². The predicted molar refractivity (Wildman–Crippen MR) is 76.1 cm³/mol. The van der Waals surface area contributed by atoms with Crippen LogP contribution in [0.1, 0.15) is 38.7 Å². The van der Waals surface area contributed by atoms with Crippen LogP contribution in [0.5, 0.6) is 0 Å². The van der Waals surface area contributed by atoms with Crippen molar-refractivity contribution in [2.45, 2.75) is 38.6 Å². The second-order valence-electron chi connectivity index (χ2n) is 4.96. The average Bonchev–Trinajstić information content (AvgIpc) is 2.05. The fourth-order valence-corrected chi connectivity index (χ4v) is 2.39. The second kappa shape index (κ2) is 5.15. The van der Waals surface area contributed by atoms with Crippen molar-refractivity contribution in [1.82, 2.24) is 0 Å². The molecule has 2 rings (SSSR count). The third-order valence-electron chi connectivity index (χ3n) is 2.90. The first-order chi connectivity index (χ1) is 6.48. The number of hydrogen-bond acceptors (Lipinski definition) is 2. The van der Waals surface area contributed by atoms with Crippen LogP contribution in [-0.4, -0.2) is 5.54 Å². The highest BCUT2D eigenvalue weighted by atomic mass is 35.5. The van der Waals surface area contributed by atoms with Gasteiger partial charge in [0, 0.05) is 16.9 Å². The van der Waals surface area contributed by atoms with Crippen molar-refractivity contribution in [3.8, 4) is 0 Å². The van der Waals surface area contributed by atoms with E-state index < -0.39 is 0 Å². The van der Waals surface area contributed by atoms with Gasteiger partial charge in [0.2, 0.25) is 0 Å². The lowest BCUT2D eigenvalue weighted by molar-refractivity contribution is 0.454. The van der Waals surface area contributed by atoms with Crippen LogP contribution in [0.25, 0.3) is 0 Å². The Morgan fingerprint density at radius 2 is 1.94 bits per heavy atom. The van der Waals surface area contributed by atoms with Crippen molar-refractivity contribution >= 4 is 36.2 Å². The molecule has 0 aromatic heterocycles. The molecule has 2 nitrogen and oxygen atoms in total. The number of rotatable bonds is 0. The third kappa shape index (κ3) is 2.96. The fourth-order valence-electron chi connectivity index (χ4n) is 2.39. The smallest absolute Gasteiger partial charge is 0.0381 e. The zero-order valence-electron chi connectivity index (χ0n) is 9.91. The molecule has 1 aliphatic rings.